The Balaban J connectivity index is 1.50. The number of hydrogen-bond donors (Lipinski definition) is 1. The van der Waals surface area contributed by atoms with Gasteiger partial charge in [-0.2, -0.15) is 0 Å². The van der Waals surface area contributed by atoms with Crippen LogP contribution >= 0.6 is 0 Å². The second kappa shape index (κ2) is 8.33. The molecule has 0 saturated heterocycles. The van der Waals surface area contributed by atoms with Crippen LogP contribution in [0, 0.1) is 0 Å². The summed E-state index contributed by atoms with van der Waals surface area (Å²) in [6.45, 7) is 0.453. The fourth-order valence-corrected chi connectivity index (χ4v) is 7.96. The normalized spacial score (nSPS) is 15.4. The van der Waals surface area contributed by atoms with Crippen LogP contribution in [0.1, 0.15) is 39.9 Å². The Morgan fingerprint density at radius 2 is 1.32 bits per heavy atom. The summed E-state index contributed by atoms with van der Waals surface area (Å²) in [4.78, 5) is 2.48. The van der Waals surface area contributed by atoms with E-state index in [-0.39, 0.29) is 0 Å². The molecule has 3 nitrogen and oxygen atoms in total. The maximum atomic E-state index is 6.47. The number of aromatic nitrogens is 1. The molecule has 0 atom stereocenters. The first-order valence-electron chi connectivity index (χ1n) is 14.5. The molecule has 9 rings (SSSR count). The van der Waals surface area contributed by atoms with Crippen molar-refractivity contribution in [2.75, 3.05) is 4.90 Å². The van der Waals surface area contributed by atoms with Gasteiger partial charge >= 0.3 is 0 Å². The minimum atomic E-state index is -0.446. The highest BCUT2D eigenvalue weighted by molar-refractivity contribution is 6.01. The summed E-state index contributed by atoms with van der Waals surface area (Å²) < 4.78 is 2.31. The third-order valence-corrected chi connectivity index (χ3v) is 9.51. The van der Waals surface area contributed by atoms with E-state index >= 15 is 0 Å². The highest BCUT2D eigenvalue weighted by Crippen LogP contribution is 2.63. The minimum absolute atomic E-state index is 0.446. The van der Waals surface area contributed by atoms with Crippen LogP contribution < -0.4 is 10.6 Å². The zero-order chi connectivity index (χ0) is 27.1. The first-order chi connectivity index (χ1) is 20.3. The highest BCUT2D eigenvalue weighted by Gasteiger charge is 2.51. The van der Waals surface area contributed by atoms with Gasteiger partial charge in [0, 0.05) is 16.8 Å². The van der Waals surface area contributed by atoms with E-state index in [1.54, 1.807) is 0 Å². The molecule has 1 spiro atoms. The molecule has 5 aromatic carbocycles. The standard InChI is InChI=1S/C38H29N3/c39-24-40-34-20-10-6-16-28(34)29-22-37-33(23-36(29)40)38(30-17-7-4-14-26(30)27-15-5-8-18-31(27)38)32-19-9-11-21-35(32)41(37)25-12-2-1-3-13-25/h1-5,7-15,17-23H,6,16,24,39H2. The quantitative estimate of drug-likeness (QED) is 0.244. The van der Waals surface area contributed by atoms with Crippen molar-refractivity contribution in [3.8, 4) is 11.1 Å². The summed E-state index contributed by atoms with van der Waals surface area (Å²) in [7, 11) is 0. The molecule has 196 valence electrons. The second-order valence-electron chi connectivity index (χ2n) is 11.3. The van der Waals surface area contributed by atoms with Gasteiger partial charge in [0.05, 0.1) is 29.0 Å². The van der Waals surface area contributed by atoms with Crippen molar-refractivity contribution in [1.82, 2.24) is 4.57 Å². The lowest BCUT2D eigenvalue weighted by atomic mass is 9.64. The van der Waals surface area contributed by atoms with E-state index in [0.717, 1.165) is 12.8 Å². The smallest absolute Gasteiger partial charge is 0.0755 e. The average Bonchev–Trinajstić information content (AvgIpc) is 3.51. The van der Waals surface area contributed by atoms with Gasteiger partial charge < -0.3 is 15.2 Å². The summed E-state index contributed by atoms with van der Waals surface area (Å²) in [6.07, 6.45) is 6.64. The lowest BCUT2D eigenvalue weighted by molar-refractivity contribution is 0.738. The van der Waals surface area contributed by atoms with Crippen LogP contribution in [0.5, 0.6) is 0 Å². The summed E-state index contributed by atoms with van der Waals surface area (Å²) in [5, 5.41) is 1.31. The zero-order valence-electron chi connectivity index (χ0n) is 22.7. The van der Waals surface area contributed by atoms with Gasteiger partial charge in [0.25, 0.3) is 0 Å². The van der Waals surface area contributed by atoms with Crippen molar-refractivity contribution in [2.24, 2.45) is 5.73 Å². The van der Waals surface area contributed by atoms with E-state index in [1.807, 2.05) is 0 Å². The number of hydrogen-bond acceptors (Lipinski definition) is 2. The van der Waals surface area contributed by atoms with Crippen LogP contribution in [0.4, 0.5) is 17.1 Å². The Hall–Kier alpha value is -4.86. The van der Waals surface area contributed by atoms with Crippen molar-refractivity contribution in [3.63, 3.8) is 0 Å². The molecule has 0 radical (unpaired) electrons. The zero-order valence-corrected chi connectivity index (χ0v) is 22.7. The Labute approximate surface area is 239 Å². The molecule has 2 aliphatic carbocycles. The monoisotopic (exact) mass is 527 g/mol. The molecule has 6 aromatic rings. The molecule has 0 unspecified atom stereocenters. The van der Waals surface area contributed by atoms with Crippen molar-refractivity contribution in [1.29, 1.82) is 0 Å². The lowest BCUT2D eigenvalue weighted by Gasteiger charge is -2.45. The van der Waals surface area contributed by atoms with E-state index in [0.29, 0.717) is 6.67 Å². The van der Waals surface area contributed by atoms with Gasteiger partial charge in [-0.05, 0) is 88.2 Å². The van der Waals surface area contributed by atoms with Gasteiger partial charge in [0.2, 0.25) is 0 Å². The molecular weight excluding hydrogens is 498 g/mol. The lowest BCUT2D eigenvalue weighted by Crippen LogP contribution is -2.36. The van der Waals surface area contributed by atoms with Gasteiger partial charge in [-0.3, -0.25) is 0 Å². The maximum absolute atomic E-state index is 6.47. The van der Waals surface area contributed by atoms with Crippen molar-refractivity contribution < 1.29 is 0 Å². The number of benzene rings is 5. The van der Waals surface area contributed by atoms with Gasteiger partial charge in [0.15, 0.2) is 0 Å². The molecular formula is C38H29N3. The molecule has 1 aromatic heterocycles. The van der Waals surface area contributed by atoms with E-state index in [9.17, 15) is 0 Å². The molecule has 41 heavy (non-hydrogen) atoms. The summed E-state index contributed by atoms with van der Waals surface area (Å²) in [5.74, 6) is 0. The fourth-order valence-electron chi connectivity index (χ4n) is 7.96. The Kier molecular flexibility index (Phi) is 4.65. The van der Waals surface area contributed by atoms with Gasteiger partial charge in [-0.1, -0.05) is 91.0 Å². The third-order valence-electron chi connectivity index (χ3n) is 9.51. The van der Waals surface area contributed by atoms with Crippen molar-refractivity contribution >= 4 is 34.0 Å². The Morgan fingerprint density at radius 1 is 0.659 bits per heavy atom. The number of nitrogens with zero attached hydrogens (tertiary/aromatic N) is 2. The average molecular weight is 528 g/mol. The molecule has 2 heterocycles. The minimum Gasteiger partial charge on any atom is -0.328 e. The predicted octanol–water partition coefficient (Wildman–Crippen LogP) is 8.66. The second-order valence-corrected chi connectivity index (χ2v) is 11.3. The first kappa shape index (κ1) is 22.9. The maximum Gasteiger partial charge on any atom is 0.0755 e. The van der Waals surface area contributed by atoms with Gasteiger partial charge in [0.1, 0.15) is 0 Å². The molecule has 0 amide bonds. The summed E-state index contributed by atoms with van der Waals surface area (Å²) in [6, 6.07) is 42.8. The summed E-state index contributed by atoms with van der Waals surface area (Å²) >= 11 is 0. The van der Waals surface area contributed by atoms with Crippen LogP contribution in [0.3, 0.4) is 0 Å². The number of nitrogens with two attached hydrogens (primary N) is 1. The van der Waals surface area contributed by atoms with Gasteiger partial charge in [-0.25, -0.2) is 0 Å². The van der Waals surface area contributed by atoms with E-state index in [1.165, 1.54) is 72.6 Å². The summed E-state index contributed by atoms with van der Waals surface area (Å²) in [5.41, 5.74) is 21.5. The van der Waals surface area contributed by atoms with E-state index in [4.69, 9.17) is 5.73 Å². The highest BCUT2D eigenvalue weighted by atomic mass is 15.2. The molecule has 0 saturated carbocycles. The van der Waals surface area contributed by atoms with Crippen molar-refractivity contribution in [2.45, 2.75) is 24.9 Å². The molecule has 3 aliphatic rings. The van der Waals surface area contributed by atoms with Crippen LogP contribution in [-0.4, -0.2) is 4.57 Å². The van der Waals surface area contributed by atoms with Crippen LogP contribution in [0.25, 0.3) is 28.1 Å². The molecule has 0 fully saturated rings. The third kappa shape index (κ3) is 2.81. The number of anilines is 3. The molecule has 3 heteroatoms. The molecule has 1 aliphatic heterocycles. The SMILES string of the molecule is NCn1c2c(c3cc4c(cc31)C1(c3ccccc3-c3ccccc31)c1ccccc1N4c1ccccc1)CCC=C2. The Morgan fingerprint density at radius 3 is 2.05 bits per heavy atom. The van der Waals surface area contributed by atoms with Crippen LogP contribution in [0.2, 0.25) is 0 Å². The fraction of sp³-hybridized carbons (Fsp3) is 0.105. The number of allylic oxidation sites excluding steroid dienone is 1. The predicted molar refractivity (Wildman–Crippen MR) is 169 cm³/mol. The van der Waals surface area contributed by atoms with Crippen molar-refractivity contribution in [3.05, 3.63) is 155 Å². The number of para-hydroxylation sites is 2. The number of fused-ring (bicyclic) bond motifs is 12. The molecule has 2 N–H and O–H groups in total. The number of rotatable bonds is 2. The molecule has 0 bridgehead atoms. The topological polar surface area (TPSA) is 34.2 Å². The van der Waals surface area contributed by atoms with Crippen LogP contribution in [0.15, 0.2) is 121 Å². The number of aryl methyl sites for hydroxylation is 1. The van der Waals surface area contributed by atoms with Crippen LogP contribution in [-0.2, 0) is 18.5 Å². The van der Waals surface area contributed by atoms with Gasteiger partial charge in [-0.15, -0.1) is 0 Å². The Bertz CT molecular complexity index is 2000. The largest absolute Gasteiger partial charge is 0.328 e. The first-order valence-corrected chi connectivity index (χ1v) is 14.5. The van der Waals surface area contributed by atoms with E-state index < -0.39 is 5.41 Å². The van der Waals surface area contributed by atoms with E-state index in [2.05, 4.69) is 137 Å².